The molecule has 0 saturated heterocycles. The zero-order chi connectivity index (χ0) is 20.3. The lowest BCUT2D eigenvalue weighted by atomic mass is 10.2. The van der Waals surface area contributed by atoms with Crippen LogP contribution in [0, 0.1) is 0 Å². The van der Waals surface area contributed by atoms with Crippen molar-refractivity contribution in [2.75, 3.05) is 0 Å². The van der Waals surface area contributed by atoms with E-state index in [-0.39, 0.29) is 11.5 Å². The number of ether oxygens (including phenoxy) is 2. The standard InChI is InChI=1S/C20H27O6P/c1-19(2,3)23-15-9-7-11-17(13-15)25-27(21,22)26-18-12-8-10-16(14-18)24-20(4,5)6/h7-14H,1-6H3,(H,21,22). The lowest BCUT2D eigenvalue weighted by Gasteiger charge is -2.22. The zero-order valence-electron chi connectivity index (χ0n) is 16.6. The first-order valence-corrected chi connectivity index (χ1v) is 10.1. The molecule has 2 aromatic carbocycles. The molecule has 0 spiro atoms. The van der Waals surface area contributed by atoms with Gasteiger partial charge in [-0.2, -0.15) is 0 Å². The fourth-order valence-corrected chi connectivity index (χ4v) is 2.98. The molecular weight excluding hydrogens is 367 g/mol. The van der Waals surface area contributed by atoms with Crippen LogP contribution >= 0.6 is 7.82 Å². The van der Waals surface area contributed by atoms with Crippen molar-refractivity contribution < 1.29 is 28.0 Å². The van der Waals surface area contributed by atoms with Gasteiger partial charge in [-0.15, -0.1) is 0 Å². The van der Waals surface area contributed by atoms with Crippen LogP contribution in [-0.4, -0.2) is 16.1 Å². The number of benzene rings is 2. The normalized spacial score (nSPS) is 12.4. The van der Waals surface area contributed by atoms with Gasteiger partial charge in [0.15, 0.2) is 0 Å². The molecule has 0 saturated carbocycles. The van der Waals surface area contributed by atoms with E-state index in [9.17, 15) is 9.46 Å². The third-order valence-corrected chi connectivity index (χ3v) is 3.78. The van der Waals surface area contributed by atoms with Gasteiger partial charge in [0.05, 0.1) is 0 Å². The second-order valence-corrected chi connectivity index (χ2v) is 9.33. The van der Waals surface area contributed by atoms with E-state index >= 15 is 0 Å². The van der Waals surface area contributed by atoms with Crippen LogP contribution in [-0.2, 0) is 4.57 Å². The largest absolute Gasteiger partial charge is 0.584 e. The predicted molar refractivity (Wildman–Crippen MR) is 105 cm³/mol. The van der Waals surface area contributed by atoms with Gasteiger partial charge in [0, 0.05) is 12.1 Å². The highest BCUT2D eigenvalue weighted by molar-refractivity contribution is 7.48. The van der Waals surface area contributed by atoms with Crippen molar-refractivity contribution in [2.45, 2.75) is 52.7 Å². The molecule has 6 nitrogen and oxygen atoms in total. The summed E-state index contributed by atoms with van der Waals surface area (Å²) in [6.07, 6.45) is 0. The van der Waals surface area contributed by atoms with Gasteiger partial charge in [0.25, 0.3) is 0 Å². The van der Waals surface area contributed by atoms with Crippen molar-refractivity contribution in [2.24, 2.45) is 0 Å². The zero-order valence-corrected chi connectivity index (χ0v) is 17.4. The molecule has 0 aliphatic carbocycles. The summed E-state index contributed by atoms with van der Waals surface area (Å²) >= 11 is 0. The van der Waals surface area contributed by atoms with Crippen LogP contribution < -0.4 is 18.5 Å². The minimum atomic E-state index is -4.39. The van der Waals surface area contributed by atoms with E-state index in [4.69, 9.17) is 18.5 Å². The summed E-state index contributed by atoms with van der Waals surface area (Å²) in [4.78, 5) is 10.1. The molecule has 0 bridgehead atoms. The lowest BCUT2D eigenvalue weighted by Crippen LogP contribution is -2.22. The minimum Gasteiger partial charge on any atom is -0.488 e. The highest BCUT2D eigenvalue weighted by Crippen LogP contribution is 2.45. The highest BCUT2D eigenvalue weighted by Gasteiger charge is 2.26. The van der Waals surface area contributed by atoms with Gasteiger partial charge in [-0.05, 0) is 65.8 Å². The Morgan fingerprint density at radius 2 is 1.04 bits per heavy atom. The topological polar surface area (TPSA) is 74.2 Å². The van der Waals surface area contributed by atoms with Gasteiger partial charge in [0.1, 0.15) is 34.2 Å². The van der Waals surface area contributed by atoms with E-state index in [0.29, 0.717) is 11.5 Å². The second kappa shape index (κ2) is 7.83. The Balaban J connectivity index is 2.10. The first-order chi connectivity index (χ1) is 12.3. The predicted octanol–water partition coefficient (Wildman–Crippen LogP) is 5.60. The smallest absolute Gasteiger partial charge is 0.488 e. The van der Waals surface area contributed by atoms with E-state index in [1.165, 1.54) is 12.1 Å². The van der Waals surface area contributed by atoms with Gasteiger partial charge >= 0.3 is 7.82 Å². The van der Waals surface area contributed by atoms with Crippen LogP contribution in [0.2, 0.25) is 0 Å². The highest BCUT2D eigenvalue weighted by atomic mass is 31.2. The SMILES string of the molecule is CC(C)(C)Oc1cccc(OP(=O)(O)Oc2cccc(OC(C)(C)C)c2)c1. The molecule has 148 valence electrons. The molecule has 2 rings (SSSR count). The maximum atomic E-state index is 12.4. The fraction of sp³-hybridized carbons (Fsp3) is 0.400. The molecular formula is C20H27O6P. The van der Waals surface area contributed by atoms with Crippen molar-refractivity contribution in [1.82, 2.24) is 0 Å². The Bertz CT molecular complexity index is 754. The minimum absolute atomic E-state index is 0.171. The molecule has 0 aliphatic rings. The third-order valence-electron chi connectivity index (χ3n) is 2.90. The van der Waals surface area contributed by atoms with Crippen molar-refractivity contribution in [3.63, 3.8) is 0 Å². The summed E-state index contributed by atoms with van der Waals surface area (Å²) in [6.45, 7) is 11.5. The second-order valence-electron chi connectivity index (χ2n) is 8.03. The van der Waals surface area contributed by atoms with Crippen LogP contribution in [0.3, 0.4) is 0 Å². The maximum absolute atomic E-state index is 12.4. The molecule has 0 fully saturated rings. The van der Waals surface area contributed by atoms with Gasteiger partial charge in [-0.25, -0.2) is 4.57 Å². The first-order valence-electron chi connectivity index (χ1n) is 8.62. The Hall–Kier alpha value is -2.17. The molecule has 0 aliphatic heterocycles. The average Bonchev–Trinajstić information content (AvgIpc) is 2.42. The van der Waals surface area contributed by atoms with E-state index in [0.717, 1.165) is 0 Å². The summed E-state index contributed by atoms with van der Waals surface area (Å²) in [5, 5.41) is 0. The average molecular weight is 394 g/mol. The summed E-state index contributed by atoms with van der Waals surface area (Å²) in [5.41, 5.74) is -0.795. The molecule has 0 radical (unpaired) electrons. The van der Waals surface area contributed by atoms with Gasteiger partial charge in [-0.3, -0.25) is 4.89 Å². The summed E-state index contributed by atoms with van der Waals surface area (Å²) in [6, 6.07) is 13.0. The molecule has 0 atom stereocenters. The van der Waals surface area contributed by atoms with Gasteiger partial charge in [-0.1, -0.05) is 12.1 Å². The molecule has 0 heterocycles. The maximum Gasteiger partial charge on any atom is 0.584 e. The fourth-order valence-electron chi connectivity index (χ4n) is 2.18. The number of phosphoric acid groups is 1. The summed E-state index contributed by atoms with van der Waals surface area (Å²) in [5.74, 6) is 1.40. The monoisotopic (exact) mass is 394 g/mol. The van der Waals surface area contributed by atoms with Gasteiger partial charge < -0.3 is 18.5 Å². The number of phosphoric ester groups is 1. The van der Waals surface area contributed by atoms with Crippen LogP contribution in [0.15, 0.2) is 48.5 Å². The third kappa shape index (κ3) is 7.94. The van der Waals surface area contributed by atoms with Crippen molar-refractivity contribution in [3.8, 4) is 23.0 Å². The van der Waals surface area contributed by atoms with Crippen LogP contribution in [0.25, 0.3) is 0 Å². The van der Waals surface area contributed by atoms with Crippen molar-refractivity contribution in [1.29, 1.82) is 0 Å². The molecule has 0 aromatic heterocycles. The molecule has 0 unspecified atom stereocenters. The first kappa shape index (κ1) is 21.1. The summed E-state index contributed by atoms with van der Waals surface area (Å²) in [7, 11) is -4.39. The molecule has 2 aromatic rings. The Labute approximate surface area is 160 Å². The molecule has 27 heavy (non-hydrogen) atoms. The number of hydrogen-bond donors (Lipinski definition) is 1. The van der Waals surface area contributed by atoms with Gasteiger partial charge in [0.2, 0.25) is 0 Å². The van der Waals surface area contributed by atoms with Crippen LogP contribution in [0.5, 0.6) is 23.0 Å². The van der Waals surface area contributed by atoms with Crippen LogP contribution in [0.1, 0.15) is 41.5 Å². The molecule has 0 amide bonds. The number of hydrogen-bond acceptors (Lipinski definition) is 5. The van der Waals surface area contributed by atoms with E-state index in [1.54, 1.807) is 36.4 Å². The molecule has 1 N–H and O–H groups in total. The Kier molecular flexibility index (Phi) is 6.13. The quantitative estimate of drug-likeness (QED) is 0.643. The molecule has 7 heteroatoms. The lowest BCUT2D eigenvalue weighted by molar-refractivity contribution is 0.130. The Morgan fingerprint density at radius 1 is 0.704 bits per heavy atom. The van der Waals surface area contributed by atoms with E-state index < -0.39 is 19.0 Å². The van der Waals surface area contributed by atoms with Crippen molar-refractivity contribution in [3.05, 3.63) is 48.5 Å². The van der Waals surface area contributed by atoms with Crippen molar-refractivity contribution >= 4 is 7.82 Å². The van der Waals surface area contributed by atoms with E-state index in [1.807, 2.05) is 41.5 Å². The van der Waals surface area contributed by atoms with E-state index in [2.05, 4.69) is 0 Å². The Morgan fingerprint density at radius 3 is 1.37 bits per heavy atom. The summed E-state index contributed by atoms with van der Waals surface area (Å²) < 4.78 is 34.2. The van der Waals surface area contributed by atoms with Crippen LogP contribution in [0.4, 0.5) is 0 Å². The number of rotatable bonds is 6.